The van der Waals surface area contributed by atoms with Gasteiger partial charge >= 0.3 is 24.7 Å². The van der Waals surface area contributed by atoms with Gasteiger partial charge in [-0.05, 0) is 67.1 Å². The minimum atomic E-state index is -5.99. The van der Waals surface area contributed by atoms with Gasteiger partial charge in [0.1, 0.15) is 28.7 Å². The second-order valence-electron chi connectivity index (χ2n) is 10.3. The van der Waals surface area contributed by atoms with Crippen molar-refractivity contribution in [3.05, 3.63) is 94.6 Å². The molecule has 4 rings (SSSR count). The zero-order chi connectivity index (χ0) is 33.2. The van der Waals surface area contributed by atoms with Crippen LogP contribution in [0.3, 0.4) is 0 Å². The van der Waals surface area contributed by atoms with Gasteiger partial charge in [-0.3, -0.25) is 0 Å². The van der Waals surface area contributed by atoms with E-state index in [4.69, 9.17) is 9.47 Å². The summed E-state index contributed by atoms with van der Waals surface area (Å²) in [6, 6.07) is 7.53. The normalized spacial score (nSPS) is 18.1. The van der Waals surface area contributed by atoms with Gasteiger partial charge in [0.2, 0.25) is 0 Å². The zero-order valence-electron chi connectivity index (χ0n) is 23.3. The maximum Gasteiger partial charge on any atom is 0.527 e. The average molecular weight is 659 g/mol. The maximum atomic E-state index is 14.8. The second kappa shape index (κ2) is 13.0. The van der Waals surface area contributed by atoms with Crippen LogP contribution in [0.4, 0.5) is 48.3 Å². The Hall–Kier alpha value is -3.59. The third kappa shape index (κ3) is 8.57. The van der Waals surface area contributed by atoms with Gasteiger partial charge in [-0.1, -0.05) is 25.5 Å². The summed E-state index contributed by atoms with van der Waals surface area (Å²) in [5.74, 6) is -6.21. The summed E-state index contributed by atoms with van der Waals surface area (Å²) in [6.07, 6.45) is -16.3. The highest BCUT2D eigenvalue weighted by atomic mass is 19.4. The van der Waals surface area contributed by atoms with Crippen LogP contribution in [0.2, 0.25) is 0 Å². The molecule has 0 bridgehead atoms. The zero-order valence-corrected chi connectivity index (χ0v) is 23.3. The van der Waals surface area contributed by atoms with E-state index in [1.165, 1.54) is 12.1 Å². The van der Waals surface area contributed by atoms with Gasteiger partial charge in [-0.15, -0.1) is 13.2 Å². The molecule has 0 amide bonds. The van der Waals surface area contributed by atoms with E-state index in [0.717, 1.165) is 49.9 Å². The fourth-order valence-corrected chi connectivity index (χ4v) is 4.81. The molecule has 2 unspecified atom stereocenters. The highest BCUT2D eigenvalue weighted by Crippen LogP contribution is 2.42. The first-order valence-electron chi connectivity index (χ1n) is 13.5. The van der Waals surface area contributed by atoms with E-state index in [-0.39, 0.29) is 18.2 Å². The van der Waals surface area contributed by atoms with E-state index in [9.17, 15) is 48.3 Å². The molecule has 246 valence electrons. The van der Waals surface area contributed by atoms with Crippen LogP contribution in [-0.4, -0.2) is 13.0 Å². The second-order valence-corrected chi connectivity index (χ2v) is 10.3. The lowest BCUT2D eigenvalue weighted by molar-refractivity contribution is -0.432. The topological polar surface area (TPSA) is 36.9 Å². The summed E-state index contributed by atoms with van der Waals surface area (Å²) in [6.45, 7) is 2.67. The van der Waals surface area contributed by atoms with Crippen molar-refractivity contribution in [3.63, 3.8) is 0 Å². The fourth-order valence-electron chi connectivity index (χ4n) is 4.81. The summed E-state index contributed by atoms with van der Waals surface area (Å²) in [4.78, 5) is 0. The van der Waals surface area contributed by atoms with E-state index in [1.54, 1.807) is 0 Å². The molecule has 4 nitrogen and oxygen atoms in total. The van der Waals surface area contributed by atoms with E-state index in [2.05, 4.69) is 16.4 Å². The fraction of sp³-hybridized carbons (Fsp3) is 0.400. The first-order valence-corrected chi connectivity index (χ1v) is 13.5. The third-order valence-electron chi connectivity index (χ3n) is 6.92. The van der Waals surface area contributed by atoms with E-state index in [0.29, 0.717) is 30.2 Å². The molecule has 0 saturated carbocycles. The molecule has 2 atom stereocenters. The van der Waals surface area contributed by atoms with Crippen LogP contribution in [0, 0.1) is 17.6 Å². The van der Waals surface area contributed by atoms with Crippen molar-refractivity contribution < 1.29 is 67.2 Å². The number of rotatable bonds is 11. The number of alkyl halides is 9. The summed E-state index contributed by atoms with van der Waals surface area (Å²) >= 11 is 0. The molecule has 15 heteroatoms. The maximum absolute atomic E-state index is 14.8. The van der Waals surface area contributed by atoms with Crippen molar-refractivity contribution in [3.8, 4) is 11.5 Å². The van der Waals surface area contributed by atoms with Gasteiger partial charge in [0.15, 0.2) is 0 Å². The number of hydrogen-bond donors (Lipinski definition) is 0. The van der Waals surface area contributed by atoms with Crippen LogP contribution in [0.15, 0.2) is 60.7 Å². The first-order chi connectivity index (χ1) is 20.9. The van der Waals surface area contributed by atoms with Gasteiger partial charge in [-0.25, -0.2) is 13.5 Å². The molecule has 0 N–H and O–H groups in total. The molecular formula is C30H25F11O4. The SMILES string of the molecule is CCCC1CCC(c2ccc(C(F)(F)Oc3ccc(C(F)(F)Oc4cc(F)c(C(F)(F)OC(F)(F)F)c(F)c4)cc3)cc2)OC1. The van der Waals surface area contributed by atoms with Gasteiger partial charge in [0.25, 0.3) is 0 Å². The predicted octanol–water partition coefficient (Wildman–Crippen LogP) is 10.1. The molecular weight excluding hydrogens is 633 g/mol. The molecule has 0 aromatic heterocycles. The van der Waals surface area contributed by atoms with Crippen molar-refractivity contribution in [2.75, 3.05) is 6.61 Å². The van der Waals surface area contributed by atoms with Gasteiger partial charge in [-0.2, -0.15) is 26.3 Å². The van der Waals surface area contributed by atoms with Crippen molar-refractivity contribution in [2.24, 2.45) is 5.92 Å². The molecule has 0 spiro atoms. The van der Waals surface area contributed by atoms with Gasteiger partial charge < -0.3 is 14.2 Å². The predicted molar refractivity (Wildman–Crippen MR) is 136 cm³/mol. The molecule has 1 aliphatic heterocycles. The van der Waals surface area contributed by atoms with Gasteiger partial charge in [0.05, 0.1) is 23.8 Å². The van der Waals surface area contributed by atoms with E-state index < -0.39 is 64.5 Å². The minimum Gasteiger partial charge on any atom is -0.429 e. The smallest absolute Gasteiger partial charge is 0.429 e. The monoisotopic (exact) mass is 658 g/mol. The lowest BCUT2D eigenvalue weighted by Gasteiger charge is -2.29. The standard InChI is InChI=1S/C30H25F11O4/c1-2-3-17-4-13-25(42-16-17)18-5-7-19(8-6-18)27(33,34)43-21-11-9-20(10-12-21)28(35,36)44-22-14-23(31)26(24(32)15-22)29(37,38)45-30(39,40)41/h5-12,14-15,17,25H,2-4,13,16H2,1H3. The number of benzene rings is 3. The Morgan fingerprint density at radius 1 is 0.689 bits per heavy atom. The molecule has 3 aromatic carbocycles. The van der Waals surface area contributed by atoms with E-state index >= 15 is 0 Å². The molecule has 0 radical (unpaired) electrons. The van der Waals surface area contributed by atoms with E-state index in [1.807, 2.05) is 0 Å². The van der Waals surface area contributed by atoms with Gasteiger partial charge in [0, 0.05) is 12.1 Å². The Kier molecular flexibility index (Phi) is 9.93. The summed E-state index contributed by atoms with van der Waals surface area (Å²) in [7, 11) is 0. The Morgan fingerprint density at radius 2 is 1.20 bits per heavy atom. The lowest BCUT2D eigenvalue weighted by atomic mass is 9.91. The van der Waals surface area contributed by atoms with Crippen LogP contribution < -0.4 is 9.47 Å². The summed E-state index contributed by atoms with van der Waals surface area (Å²) in [5.41, 5.74) is -3.33. The lowest BCUT2D eigenvalue weighted by Crippen LogP contribution is -2.30. The van der Waals surface area contributed by atoms with Crippen LogP contribution >= 0.6 is 0 Å². The highest BCUT2D eigenvalue weighted by molar-refractivity contribution is 5.35. The minimum absolute atomic E-state index is 0.202. The Balaban J connectivity index is 1.41. The molecule has 1 aliphatic rings. The molecule has 45 heavy (non-hydrogen) atoms. The number of halogens is 11. The van der Waals surface area contributed by atoms with Crippen molar-refractivity contribution >= 4 is 0 Å². The Bertz CT molecular complexity index is 1410. The summed E-state index contributed by atoms with van der Waals surface area (Å²) in [5, 5.41) is 0. The first kappa shape index (κ1) is 34.3. The van der Waals surface area contributed by atoms with Crippen molar-refractivity contribution in [2.45, 2.75) is 63.4 Å². The van der Waals surface area contributed by atoms with Crippen molar-refractivity contribution in [1.82, 2.24) is 0 Å². The molecule has 3 aromatic rings. The average Bonchev–Trinajstić information content (AvgIpc) is 2.92. The van der Waals surface area contributed by atoms with Crippen LogP contribution in [0.5, 0.6) is 11.5 Å². The van der Waals surface area contributed by atoms with Crippen LogP contribution in [0.1, 0.15) is 61.0 Å². The largest absolute Gasteiger partial charge is 0.527 e. The van der Waals surface area contributed by atoms with Crippen LogP contribution in [0.25, 0.3) is 0 Å². The molecule has 0 aliphatic carbocycles. The Morgan fingerprint density at radius 3 is 1.67 bits per heavy atom. The molecule has 1 saturated heterocycles. The summed E-state index contributed by atoms with van der Waals surface area (Å²) < 4.78 is 168. The highest BCUT2D eigenvalue weighted by Gasteiger charge is 2.50. The third-order valence-corrected chi connectivity index (χ3v) is 6.92. The number of hydrogen-bond acceptors (Lipinski definition) is 4. The molecule has 1 heterocycles. The number of ether oxygens (including phenoxy) is 4. The van der Waals surface area contributed by atoms with Crippen LogP contribution in [-0.2, 0) is 27.8 Å². The Labute approximate surface area is 249 Å². The quantitative estimate of drug-likeness (QED) is 0.192. The van der Waals surface area contributed by atoms with Crippen molar-refractivity contribution in [1.29, 1.82) is 0 Å². The molecule has 1 fully saturated rings.